The van der Waals surface area contributed by atoms with Gasteiger partial charge in [0.25, 0.3) is 10.1 Å². The van der Waals surface area contributed by atoms with Gasteiger partial charge in [0.1, 0.15) is 4.90 Å². The predicted octanol–water partition coefficient (Wildman–Crippen LogP) is -0.192. The molecule has 6 heteroatoms. The molecule has 2 rings (SSSR count). The maximum absolute atomic E-state index is 11.1. The molecule has 3 nitrogen and oxygen atoms in total. The third-order valence-corrected chi connectivity index (χ3v) is 3.96. The monoisotopic (exact) mass is 358 g/mol. The molecule has 1 N–H and O–H groups in total. The smallest absolute Gasteiger partial charge is 1.00 e. The van der Waals surface area contributed by atoms with Gasteiger partial charge in [-0.2, -0.15) is 8.42 Å². The molecular weight excluding hydrogens is 350 g/mol. The van der Waals surface area contributed by atoms with Crippen molar-refractivity contribution in [1.82, 2.24) is 0 Å². The zero-order chi connectivity index (χ0) is 11.1. The summed E-state index contributed by atoms with van der Waals surface area (Å²) in [5.41, 5.74) is 0. The van der Waals surface area contributed by atoms with Gasteiger partial charge in [-0.25, -0.2) is 0 Å². The number of rotatable bonds is 1. The van der Waals surface area contributed by atoms with Crippen molar-refractivity contribution >= 4 is 43.5 Å². The maximum atomic E-state index is 11.1. The molecule has 0 bridgehead atoms. The Morgan fingerprint density at radius 3 is 2.19 bits per heavy atom. The average molecular weight is 358 g/mol. The van der Waals surface area contributed by atoms with Crippen LogP contribution in [-0.4, -0.2) is 13.0 Å². The largest absolute Gasteiger partial charge is 1.00 e. The van der Waals surface area contributed by atoms with Gasteiger partial charge < -0.3 is 1.43 Å². The van der Waals surface area contributed by atoms with E-state index in [0.29, 0.717) is 5.39 Å². The van der Waals surface area contributed by atoms with E-state index in [1.807, 2.05) is 12.1 Å². The molecule has 0 amide bonds. The molecule has 0 radical (unpaired) electrons. The molecule has 0 heterocycles. The molecule has 0 aromatic heterocycles. The Labute approximate surface area is 131 Å². The van der Waals surface area contributed by atoms with Crippen molar-refractivity contribution in [2.45, 2.75) is 4.90 Å². The first-order valence-corrected chi connectivity index (χ1v) is 6.67. The van der Waals surface area contributed by atoms with Crippen molar-refractivity contribution in [2.24, 2.45) is 0 Å². The number of hydrogen-bond donors (Lipinski definition) is 1. The van der Waals surface area contributed by atoms with E-state index in [1.165, 1.54) is 6.07 Å². The second kappa shape index (κ2) is 5.32. The van der Waals surface area contributed by atoms with E-state index in [2.05, 4.69) is 22.6 Å². The molecule has 16 heavy (non-hydrogen) atoms. The summed E-state index contributed by atoms with van der Waals surface area (Å²) in [5, 5.41) is 1.38. The third kappa shape index (κ3) is 2.77. The first-order chi connectivity index (χ1) is 7.00. The molecule has 0 fully saturated rings. The van der Waals surface area contributed by atoms with Gasteiger partial charge in [0.15, 0.2) is 0 Å². The molecule has 0 saturated heterocycles. The molecule has 0 unspecified atom stereocenters. The molecule has 0 aliphatic carbocycles. The standard InChI is InChI=1S/C10H7IO3S.Na.H/c11-9-5-6-10(15(12,13)14)8-4-2-1-3-7(8)9;;/h1-6H,(H,12,13,14);;/q;+1;-1. The van der Waals surface area contributed by atoms with Crippen LogP contribution in [0.1, 0.15) is 1.43 Å². The number of benzene rings is 2. The van der Waals surface area contributed by atoms with Crippen LogP contribution < -0.4 is 29.6 Å². The Balaban J connectivity index is 0.00000128. The van der Waals surface area contributed by atoms with Gasteiger partial charge in [-0.05, 0) is 40.1 Å². The molecule has 0 aliphatic rings. The summed E-state index contributed by atoms with van der Waals surface area (Å²) in [5.74, 6) is 0. The van der Waals surface area contributed by atoms with Crippen LogP contribution in [0.4, 0.5) is 0 Å². The summed E-state index contributed by atoms with van der Waals surface area (Å²) in [6.45, 7) is 0. The Kier molecular flexibility index (Phi) is 4.79. The van der Waals surface area contributed by atoms with Crippen LogP contribution in [0.2, 0.25) is 0 Å². The van der Waals surface area contributed by atoms with E-state index >= 15 is 0 Å². The van der Waals surface area contributed by atoms with Gasteiger partial charge >= 0.3 is 29.6 Å². The van der Waals surface area contributed by atoms with Gasteiger partial charge in [0.05, 0.1) is 0 Å². The summed E-state index contributed by atoms with van der Waals surface area (Å²) in [7, 11) is -4.15. The summed E-state index contributed by atoms with van der Waals surface area (Å²) < 4.78 is 32.2. The Bertz CT molecular complexity index is 630. The molecule has 0 saturated carbocycles. The maximum Gasteiger partial charge on any atom is 1.00 e. The van der Waals surface area contributed by atoms with E-state index in [4.69, 9.17) is 4.55 Å². The van der Waals surface area contributed by atoms with Gasteiger partial charge in [-0.3, -0.25) is 4.55 Å². The quantitative estimate of drug-likeness (QED) is 0.437. The molecular formula is C10H8INaO3S. The molecule has 2 aromatic carbocycles. The predicted molar refractivity (Wildman–Crippen MR) is 67.6 cm³/mol. The summed E-state index contributed by atoms with van der Waals surface area (Å²) in [6.07, 6.45) is 0. The van der Waals surface area contributed by atoms with Crippen molar-refractivity contribution < 1.29 is 44.0 Å². The zero-order valence-electron chi connectivity index (χ0n) is 9.51. The van der Waals surface area contributed by atoms with Crippen LogP contribution in [0.15, 0.2) is 41.3 Å². The van der Waals surface area contributed by atoms with E-state index < -0.39 is 10.1 Å². The number of hydrogen-bond acceptors (Lipinski definition) is 2. The van der Waals surface area contributed by atoms with Crippen molar-refractivity contribution in [3.63, 3.8) is 0 Å². The second-order valence-electron chi connectivity index (χ2n) is 3.07. The van der Waals surface area contributed by atoms with Gasteiger partial charge in [-0.15, -0.1) is 0 Å². The fraction of sp³-hybridized carbons (Fsp3) is 0. The first-order valence-electron chi connectivity index (χ1n) is 4.15. The van der Waals surface area contributed by atoms with E-state index in [-0.39, 0.29) is 35.9 Å². The first kappa shape index (κ1) is 14.4. The van der Waals surface area contributed by atoms with E-state index in [1.54, 1.807) is 18.2 Å². The van der Waals surface area contributed by atoms with Crippen molar-refractivity contribution in [3.8, 4) is 0 Å². The summed E-state index contributed by atoms with van der Waals surface area (Å²) in [6, 6.07) is 10.2. The average Bonchev–Trinajstić information content (AvgIpc) is 2.17. The summed E-state index contributed by atoms with van der Waals surface area (Å²) >= 11 is 2.13. The minimum absolute atomic E-state index is 0. The zero-order valence-corrected chi connectivity index (χ0v) is 13.5. The topological polar surface area (TPSA) is 54.4 Å². The van der Waals surface area contributed by atoms with Crippen molar-refractivity contribution in [2.75, 3.05) is 0 Å². The van der Waals surface area contributed by atoms with Crippen LogP contribution in [-0.2, 0) is 10.1 Å². The molecule has 0 aliphatic heterocycles. The normalized spacial score (nSPS) is 11.1. The fourth-order valence-corrected chi connectivity index (χ4v) is 2.81. The number of fused-ring (bicyclic) bond motifs is 1. The Morgan fingerprint density at radius 1 is 1.06 bits per heavy atom. The van der Waals surface area contributed by atoms with Crippen LogP contribution in [0.25, 0.3) is 10.8 Å². The van der Waals surface area contributed by atoms with Gasteiger partial charge in [0, 0.05) is 8.96 Å². The fourth-order valence-electron chi connectivity index (χ4n) is 1.46. The van der Waals surface area contributed by atoms with Gasteiger partial charge in [-0.1, -0.05) is 24.3 Å². The Morgan fingerprint density at radius 2 is 1.62 bits per heavy atom. The minimum atomic E-state index is -4.15. The molecule has 0 spiro atoms. The number of halogens is 1. The molecule has 2 aromatic rings. The summed E-state index contributed by atoms with van der Waals surface area (Å²) in [4.78, 5) is -0.0430. The van der Waals surface area contributed by atoms with Gasteiger partial charge in [0.2, 0.25) is 0 Å². The van der Waals surface area contributed by atoms with Crippen LogP contribution in [0, 0.1) is 3.57 Å². The minimum Gasteiger partial charge on any atom is -1.00 e. The van der Waals surface area contributed by atoms with Crippen molar-refractivity contribution in [3.05, 3.63) is 40.0 Å². The second-order valence-corrected chi connectivity index (χ2v) is 5.62. The SMILES string of the molecule is O=S(=O)(O)c1ccc(I)c2ccccc12.[H-].[Na+]. The van der Waals surface area contributed by atoms with Crippen molar-refractivity contribution in [1.29, 1.82) is 0 Å². The van der Waals surface area contributed by atoms with E-state index in [9.17, 15) is 8.42 Å². The molecule has 80 valence electrons. The Hall–Kier alpha value is 0.340. The molecule has 0 atom stereocenters. The van der Waals surface area contributed by atoms with Crippen LogP contribution in [0.5, 0.6) is 0 Å². The van der Waals surface area contributed by atoms with E-state index in [0.717, 1.165) is 8.96 Å². The van der Waals surface area contributed by atoms with Crippen LogP contribution >= 0.6 is 22.6 Å². The van der Waals surface area contributed by atoms with Crippen LogP contribution in [0.3, 0.4) is 0 Å². The third-order valence-electron chi connectivity index (χ3n) is 2.11.